The molecule has 56 valence electrons. The number of aliphatic hydroxyl groups is 1. The Balaban J connectivity index is 2.47. The fourth-order valence-electron chi connectivity index (χ4n) is 0.888. The molecule has 0 spiro atoms. The Bertz CT molecular complexity index is 155. The number of rotatable bonds is 1. The van der Waals surface area contributed by atoms with Crippen LogP contribution in [0.2, 0.25) is 0 Å². The number of ether oxygens (including phenoxy) is 1. The molecule has 0 radical (unpaired) electrons. The third kappa shape index (κ3) is 1.60. The van der Waals surface area contributed by atoms with Crippen molar-refractivity contribution in [2.24, 2.45) is 5.11 Å². The largest absolute Gasteiger partial charge is 0.393 e. The van der Waals surface area contributed by atoms with Crippen molar-refractivity contribution in [2.45, 2.75) is 18.6 Å². The summed E-state index contributed by atoms with van der Waals surface area (Å²) in [6.07, 6.45) is 0.0357. The van der Waals surface area contributed by atoms with E-state index in [0.29, 0.717) is 19.6 Å². The average molecular weight is 143 g/mol. The Morgan fingerprint density at radius 1 is 1.70 bits per heavy atom. The van der Waals surface area contributed by atoms with E-state index in [2.05, 4.69) is 10.0 Å². The van der Waals surface area contributed by atoms with Crippen LogP contribution in [0.4, 0.5) is 0 Å². The lowest BCUT2D eigenvalue weighted by Crippen LogP contribution is -2.34. The lowest BCUT2D eigenvalue weighted by Gasteiger charge is -2.23. The Morgan fingerprint density at radius 3 is 3.10 bits per heavy atom. The number of nitrogens with zero attached hydrogens (tertiary/aromatic N) is 3. The van der Waals surface area contributed by atoms with Gasteiger partial charge in [0.15, 0.2) is 0 Å². The Kier molecular flexibility index (Phi) is 2.50. The van der Waals surface area contributed by atoms with Gasteiger partial charge in [-0.2, -0.15) is 0 Å². The van der Waals surface area contributed by atoms with E-state index in [1.807, 2.05) is 0 Å². The van der Waals surface area contributed by atoms with Crippen molar-refractivity contribution in [1.29, 1.82) is 0 Å². The quantitative estimate of drug-likeness (QED) is 0.328. The van der Waals surface area contributed by atoms with Crippen molar-refractivity contribution >= 4 is 0 Å². The van der Waals surface area contributed by atoms with E-state index in [1.165, 1.54) is 0 Å². The summed E-state index contributed by atoms with van der Waals surface area (Å²) in [7, 11) is 0. The van der Waals surface area contributed by atoms with Crippen LogP contribution in [-0.2, 0) is 4.74 Å². The normalized spacial score (nSPS) is 32.9. The molecule has 2 atom stereocenters. The monoisotopic (exact) mass is 143 g/mol. The van der Waals surface area contributed by atoms with E-state index in [1.54, 1.807) is 0 Å². The molecule has 0 aromatic heterocycles. The molecule has 0 saturated carbocycles. The lowest BCUT2D eigenvalue weighted by atomic mass is 10.1. The highest BCUT2D eigenvalue weighted by Gasteiger charge is 2.21. The molecule has 1 aliphatic rings. The van der Waals surface area contributed by atoms with Crippen molar-refractivity contribution in [3.8, 4) is 0 Å². The summed E-state index contributed by atoms with van der Waals surface area (Å²) >= 11 is 0. The van der Waals surface area contributed by atoms with Gasteiger partial charge in [0.2, 0.25) is 0 Å². The first kappa shape index (κ1) is 7.34. The van der Waals surface area contributed by atoms with Crippen LogP contribution in [0.25, 0.3) is 10.4 Å². The maximum absolute atomic E-state index is 9.16. The molecule has 1 unspecified atom stereocenters. The van der Waals surface area contributed by atoms with E-state index < -0.39 is 12.1 Å². The molecule has 5 heteroatoms. The van der Waals surface area contributed by atoms with Gasteiger partial charge in [-0.3, -0.25) is 0 Å². The van der Waals surface area contributed by atoms with Gasteiger partial charge in [-0.05, 0) is 12.0 Å². The van der Waals surface area contributed by atoms with Crippen molar-refractivity contribution < 1.29 is 9.84 Å². The molecule has 1 aliphatic heterocycles. The zero-order valence-electron chi connectivity index (χ0n) is 5.47. The summed E-state index contributed by atoms with van der Waals surface area (Å²) < 4.78 is 4.98. The summed E-state index contributed by atoms with van der Waals surface area (Å²) in [6, 6.07) is -0.390. The van der Waals surface area contributed by atoms with E-state index in [9.17, 15) is 0 Å². The highest BCUT2D eigenvalue weighted by molar-refractivity contribution is 4.78. The topological polar surface area (TPSA) is 78.2 Å². The molecule has 1 heterocycles. The van der Waals surface area contributed by atoms with Crippen LogP contribution in [0.3, 0.4) is 0 Å². The van der Waals surface area contributed by atoms with Crippen LogP contribution in [0.1, 0.15) is 6.42 Å². The molecule has 1 rings (SSSR count). The standard InChI is InChI=1S/C5H9N3O2/c6-8-7-4-3-10-2-1-5(4)9/h4-5,9H,1-3H2/t4?,5-/m1/s1. The van der Waals surface area contributed by atoms with Crippen molar-refractivity contribution in [2.75, 3.05) is 13.2 Å². The van der Waals surface area contributed by atoms with E-state index in [-0.39, 0.29) is 0 Å². The molecule has 1 fully saturated rings. The van der Waals surface area contributed by atoms with Gasteiger partial charge in [0.05, 0.1) is 18.8 Å². The summed E-state index contributed by atoms with van der Waals surface area (Å²) in [5, 5.41) is 12.5. The zero-order chi connectivity index (χ0) is 7.40. The predicted molar refractivity (Wildman–Crippen MR) is 34.4 cm³/mol. The Labute approximate surface area is 58.2 Å². The lowest BCUT2D eigenvalue weighted by molar-refractivity contribution is -0.00298. The van der Waals surface area contributed by atoms with Crippen molar-refractivity contribution in [1.82, 2.24) is 0 Å². The maximum Gasteiger partial charge on any atom is 0.0867 e. The van der Waals surface area contributed by atoms with Gasteiger partial charge in [-0.25, -0.2) is 0 Å². The van der Waals surface area contributed by atoms with Gasteiger partial charge in [0.1, 0.15) is 0 Å². The fourth-order valence-corrected chi connectivity index (χ4v) is 0.888. The molecule has 5 nitrogen and oxygen atoms in total. The molecule has 0 aliphatic carbocycles. The van der Waals surface area contributed by atoms with Crippen LogP contribution in [0.15, 0.2) is 5.11 Å². The minimum Gasteiger partial charge on any atom is -0.393 e. The van der Waals surface area contributed by atoms with Gasteiger partial charge in [0, 0.05) is 11.5 Å². The van der Waals surface area contributed by atoms with Crippen LogP contribution >= 0.6 is 0 Å². The van der Waals surface area contributed by atoms with E-state index in [4.69, 9.17) is 15.4 Å². The fraction of sp³-hybridized carbons (Fsp3) is 1.00. The maximum atomic E-state index is 9.16. The smallest absolute Gasteiger partial charge is 0.0867 e. The Hall–Kier alpha value is -0.770. The SMILES string of the molecule is [N-]=[N+]=NC1COCC[C@H]1O. The van der Waals surface area contributed by atoms with Gasteiger partial charge < -0.3 is 9.84 Å². The summed E-state index contributed by atoms with van der Waals surface area (Å²) in [6.45, 7) is 0.893. The van der Waals surface area contributed by atoms with Gasteiger partial charge >= 0.3 is 0 Å². The highest BCUT2D eigenvalue weighted by atomic mass is 16.5. The molecule has 1 N–H and O–H groups in total. The highest BCUT2D eigenvalue weighted by Crippen LogP contribution is 2.10. The summed E-state index contributed by atoms with van der Waals surface area (Å²) in [5.74, 6) is 0. The zero-order valence-corrected chi connectivity index (χ0v) is 5.47. The van der Waals surface area contributed by atoms with Crippen LogP contribution < -0.4 is 0 Å². The van der Waals surface area contributed by atoms with Gasteiger partial charge in [-0.15, -0.1) is 0 Å². The molecule has 0 bridgehead atoms. The van der Waals surface area contributed by atoms with Crippen LogP contribution in [0, 0.1) is 0 Å². The third-order valence-corrected chi connectivity index (χ3v) is 1.49. The predicted octanol–water partition coefficient (Wildman–Crippen LogP) is 0.447. The number of hydrogen-bond donors (Lipinski definition) is 1. The molecule has 0 aromatic carbocycles. The molecular formula is C5H9N3O2. The molecule has 0 aromatic rings. The van der Waals surface area contributed by atoms with Crippen molar-refractivity contribution in [3.05, 3.63) is 10.4 Å². The first-order chi connectivity index (χ1) is 4.84. The van der Waals surface area contributed by atoms with E-state index >= 15 is 0 Å². The number of azide groups is 1. The minimum atomic E-state index is -0.523. The second-order valence-corrected chi connectivity index (χ2v) is 2.20. The second kappa shape index (κ2) is 3.41. The van der Waals surface area contributed by atoms with Crippen molar-refractivity contribution in [3.63, 3.8) is 0 Å². The number of aliphatic hydroxyl groups excluding tert-OH is 1. The first-order valence-electron chi connectivity index (χ1n) is 3.14. The van der Waals surface area contributed by atoms with E-state index in [0.717, 1.165) is 0 Å². The minimum absolute atomic E-state index is 0.339. The van der Waals surface area contributed by atoms with Gasteiger partial charge in [0.25, 0.3) is 0 Å². The molecule has 10 heavy (non-hydrogen) atoms. The van der Waals surface area contributed by atoms with Crippen LogP contribution in [0.5, 0.6) is 0 Å². The Morgan fingerprint density at radius 2 is 2.50 bits per heavy atom. The molecule has 0 amide bonds. The summed E-state index contributed by atoms with van der Waals surface area (Å²) in [4.78, 5) is 2.59. The second-order valence-electron chi connectivity index (χ2n) is 2.20. The third-order valence-electron chi connectivity index (χ3n) is 1.49. The van der Waals surface area contributed by atoms with Gasteiger partial charge in [-0.1, -0.05) is 5.11 Å². The molecule has 1 saturated heterocycles. The number of hydrogen-bond acceptors (Lipinski definition) is 3. The van der Waals surface area contributed by atoms with Crippen LogP contribution in [-0.4, -0.2) is 30.5 Å². The first-order valence-corrected chi connectivity index (χ1v) is 3.14. The summed E-state index contributed by atoms with van der Waals surface area (Å²) in [5.41, 5.74) is 8.03. The molecular weight excluding hydrogens is 134 g/mol. The average Bonchev–Trinajstić information content (AvgIpc) is 1.94.